The Morgan fingerprint density at radius 2 is 1.90 bits per heavy atom. The fourth-order valence-electron chi connectivity index (χ4n) is 3.03. The maximum Gasteiger partial charge on any atom is 0.416 e. The molecule has 0 amide bonds. The van der Waals surface area contributed by atoms with E-state index in [1.807, 2.05) is 6.07 Å². The number of hydrazone groups is 1. The Morgan fingerprint density at radius 1 is 1.10 bits per heavy atom. The molecule has 10 heteroatoms. The highest BCUT2D eigenvalue weighted by Gasteiger charge is 2.30. The van der Waals surface area contributed by atoms with Crippen LogP contribution in [0.3, 0.4) is 0 Å². The van der Waals surface area contributed by atoms with Crippen LogP contribution in [0.15, 0.2) is 59.8 Å². The number of halogens is 5. The SMILES string of the molecule is Cc1nn(-c2cccc(C(F)(F)F)c2)c(Cl)c1/C=N/Nc1ccnc2cc(Cl)ccc12. The molecular weight excluding hydrogens is 450 g/mol. The Morgan fingerprint density at radius 3 is 2.68 bits per heavy atom. The van der Waals surface area contributed by atoms with Crippen molar-refractivity contribution in [2.24, 2.45) is 5.10 Å². The van der Waals surface area contributed by atoms with Crippen LogP contribution >= 0.6 is 23.2 Å². The molecule has 0 atom stereocenters. The molecule has 1 N–H and O–H groups in total. The van der Waals surface area contributed by atoms with Crippen LogP contribution in [0.5, 0.6) is 0 Å². The Balaban J connectivity index is 1.63. The van der Waals surface area contributed by atoms with E-state index < -0.39 is 11.7 Å². The molecule has 4 aromatic rings. The van der Waals surface area contributed by atoms with E-state index >= 15 is 0 Å². The first-order valence-corrected chi connectivity index (χ1v) is 9.76. The molecule has 2 aromatic carbocycles. The van der Waals surface area contributed by atoms with Crippen molar-refractivity contribution in [3.05, 3.63) is 81.7 Å². The molecule has 0 bridgehead atoms. The lowest BCUT2D eigenvalue weighted by molar-refractivity contribution is -0.137. The van der Waals surface area contributed by atoms with Gasteiger partial charge in [0.2, 0.25) is 0 Å². The van der Waals surface area contributed by atoms with Gasteiger partial charge in [-0.05, 0) is 49.4 Å². The van der Waals surface area contributed by atoms with Gasteiger partial charge in [-0.25, -0.2) is 4.68 Å². The van der Waals surface area contributed by atoms with E-state index in [0.717, 1.165) is 17.5 Å². The van der Waals surface area contributed by atoms with Gasteiger partial charge >= 0.3 is 6.18 Å². The maximum atomic E-state index is 13.0. The highest BCUT2D eigenvalue weighted by molar-refractivity contribution is 6.32. The normalized spacial score (nSPS) is 12.1. The molecule has 158 valence electrons. The van der Waals surface area contributed by atoms with Gasteiger partial charge in [0, 0.05) is 16.6 Å². The molecule has 5 nitrogen and oxygen atoms in total. The molecular formula is C21H14Cl2F3N5. The highest BCUT2D eigenvalue weighted by atomic mass is 35.5. The van der Waals surface area contributed by atoms with Gasteiger partial charge in [-0.15, -0.1) is 0 Å². The minimum Gasteiger partial charge on any atom is -0.278 e. The third-order valence-corrected chi connectivity index (χ3v) is 5.15. The molecule has 0 saturated carbocycles. The first-order chi connectivity index (χ1) is 14.7. The molecule has 4 rings (SSSR count). The zero-order chi connectivity index (χ0) is 22.2. The minimum atomic E-state index is -4.46. The van der Waals surface area contributed by atoms with E-state index in [0.29, 0.717) is 27.5 Å². The van der Waals surface area contributed by atoms with E-state index in [-0.39, 0.29) is 10.8 Å². The lowest BCUT2D eigenvalue weighted by atomic mass is 10.2. The summed E-state index contributed by atoms with van der Waals surface area (Å²) in [6.07, 6.45) is -1.37. The van der Waals surface area contributed by atoms with Gasteiger partial charge in [-0.2, -0.15) is 23.4 Å². The van der Waals surface area contributed by atoms with Crippen LogP contribution in [0.2, 0.25) is 10.2 Å². The number of aryl methyl sites for hydroxylation is 1. The van der Waals surface area contributed by atoms with E-state index in [2.05, 4.69) is 20.6 Å². The fourth-order valence-corrected chi connectivity index (χ4v) is 3.52. The second-order valence-corrected chi connectivity index (χ2v) is 7.43. The average Bonchev–Trinajstić information content (AvgIpc) is 3.01. The van der Waals surface area contributed by atoms with Crippen LogP contribution in [0, 0.1) is 6.92 Å². The number of hydrogen-bond donors (Lipinski definition) is 1. The second kappa shape index (κ2) is 8.20. The summed E-state index contributed by atoms with van der Waals surface area (Å²) in [4.78, 5) is 4.27. The highest BCUT2D eigenvalue weighted by Crippen LogP contribution is 2.31. The third-order valence-electron chi connectivity index (χ3n) is 4.55. The molecule has 2 aromatic heterocycles. The van der Waals surface area contributed by atoms with Crippen LogP contribution in [-0.2, 0) is 6.18 Å². The molecule has 0 spiro atoms. The molecule has 0 aliphatic carbocycles. The smallest absolute Gasteiger partial charge is 0.278 e. The first kappa shape index (κ1) is 21.1. The Labute approximate surface area is 185 Å². The van der Waals surface area contributed by atoms with E-state index in [1.54, 1.807) is 31.3 Å². The minimum absolute atomic E-state index is 0.147. The maximum absolute atomic E-state index is 13.0. The number of anilines is 1. The predicted molar refractivity (Wildman–Crippen MR) is 116 cm³/mol. The van der Waals surface area contributed by atoms with Crippen molar-refractivity contribution >= 4 is 46.0 Å². The summed E-state index contributed by atoms with van der Waals surface area (Å²) in [7, 11) is 0. The van der Waals surface area contributed by atoms with E-state index in [1.165, 1.54) is 23.0 Å². The molecule has 0 aliphatic heterocycles. The number of benzene rings is 2. The molecule has 0 saturated heterocycles. The summed E-state index contributed by atoms with van der Waals surface area (Å²) in [6, 6.07) is 11.9. The summed E-state index contributed by atoms with van der Waals surface area (Å²) in [6.45, 7) is 1.70. The van der Waals surface area contributed by atoms with E-state index in [9.17, 15) is 13.2 Å². The number of nitrogens with one attached hydrogen (secondary N) is 1. The first-order valence-electron chi connectivity index (χ1n) is 9.00. The number of alkyl halides is 3. The molecule has 31 heavy (non-hydrogen) atoms. The second-order valence-electron chi connectivity index (χ2n) is 6.64. The quantitative estimate of drug-likeness (QED) is 0.277. The van der Waals surface area contributed by atoms with Gasteiger partial charge in [0.05, 0.1) is 39.9 Å². The lowest BCUT2D eigenvalue weighted by Gasteiger charge is -2.09. The van der Waals surface area contributed by atoms with E-state index in [4.69, 9.17) is 23.2 Å². The van der Waals surface area contributed by atoms with Crippen molar-refractivity contribution in [2.45, 2.75) is 13.1 Å². The average molecular weight is 464 g/mol. The molecule has 0 fully saturated rings. The van der Waals surface area contributed by atoms with Gasteiger partial charge in [0.1, 0.15) is 5.15 Å². The monoisotopic (exact) mass is 463 g/mol. The van der Waals surface area contributed by atoms with Gasteiger partial charge in [0.15, 0.2) is 0 Å². The third kappa shape index (κ3) is 4.35. The van der Waals surface area contributed by atoms with Crippen LogP contribution in [0.25, 0.3) is 16.6 Å². The molecule has 2 heterocycles. The van der Waals surface area contributed by atoms with Crippen LogP contribution in [0.4, 0.5) is 18.9 Å². The zero-order valence-corrected chi connectivity index (χ0v) is 17.5. The summed E-state index contributed by atoms with van der Waals surface area (Å²) in [5.41, 5.74) is 4.76. The van der Waals surface area contributed by atoms with Crippen molar-refractivity contribution in [1.29, 1.82) is 0 Å². The molecule has 0 radical (unpaired) electrons. The Kier molecular flexibility index (Phi) is 5.60. The van der Waals surface area contributed by atoms with Crippen molar-refractivity contribution in [1.82, 2.24) is 14.8 Å². The van der Waals surface area contributed by atoms with Crippen LogP contribution in [-0.4, -0.2) is 21.0 Å². The van der Waals surface area contributed by atoms with Gasteiger partial charge < -0.3 is 0 Å². The number of rotatable bonds is 4. The summed E-state index contributed by atoms with van der Waals surface area (Å²) >= 11 is 12.4. The standard InChI is InChI=1S/C21H14Cl2F3N5/c1-12-17(11-28-29-18-7-8-27-19-10-14(22)5-6-16(18)19)20(23)31(30-12)15-4-2-3-13(9-15)21(24,25)26/h2-11H,1H3,(H,27,29)/b28-11+. The summed E-state index contributed by atoms with van der Waals surface area (Å²) in [5, 5.41) is 10.0. The fraction of sp³-hybridized carbons (Fsp3) is 0.0952. The van der Waals surface area contributed by atoms with Crippen LogP contribution < -0.4 is 5.43 Å². The van der Waals surface area contributed by atoms with Crippen LogP contribution in [0.1, 0.15) is 16.8 Å². The number of aromatic nitrogens is 3. The summed E-state index contributed by atoms with van der Waals surface area (Å²) < 4.78 is 40.3. The Bertz CT molecular complexity index is 1300. The van der Waals surface area contributed by atoms with Crippen molar-refractivity contribution in [3.8, 4) is 5.69 Å². The van der Waals surface area contributed by atoms with Gasteiger partial charge in [-0.1, -0.05) is 29.3 Å². The number of pyridine rings is 1. The number of hydrogen-bond acceptors (Lipinski definition) is 4. The molecule has 0 aliphatic rings. The topological polar surface area (TPSA) is 55.1 Å². The van der Waals surface area contributed by atoms with Crippen molar-refractivity contribution < 1.29 is 13.2 Å². The summed E-state index contributed by atoms with van der Waals surface area (Å²) in [5.74, 6) is 0. The zero-order valence-electron chi connectivity index (χ0n) is 16.0. The number of nitrogens with zero attached hydrogens (tertiary/aromatic N) is 4. The predicted octanol–water partition coefficient (Wildman–Crippen LogP) is 6.50. The number of fused-ring (bicyclic) bond motifs is 1. The molecule has 0 unspecified atom stereocenters. The van der Waals surface area contributed by atoms with Crippen molar-refractivity contribution in [3.63, 3.8) is 0 Å². The lowest BCUT2D eigenvalue weighted by Crippen LogP contribution is -2.06. The van der Waals surface area contributed by atoms with Gasteiger partial charge in [-0.3, -0.25) is 10.4 Å². The van der Waals surface area contributed by atoms with Gasteiger partial charge in [0.25, 0.3) is 0 Å². The largest absolute Gasteiger partial charge is 0.416 e. The Hall–Kier alpha value is -3.10. The van der Waals surface area contributed by atoms with Crippen molar-refractivity contribution in [2.75, 3.05) is 5.43 Å².